The first kappa shape index (κ1) is 17.8. The molecular formula is C16H25N3O3S2. The van der Waals surface area contributed by atoms with Crippen LogP contribution in [0.5, 0.6) is 0 Å². The second kappa shape index (κ2) is 6.74. The fraction of sp³-hybridized carbons (Fsp3) is 0.688. The Morgan fingerprint density at radius 1 is 1.25 bits per heavy atom. The molecule has 3 heterocycles. The van der Waals surface area contributed by atoms with Crippen molar-refractivity contribution in [2.24, 2.45) is 11.8 Å². The molecule has 1 atom stereocenters. The van der Waals surface area contributed by atoms with Crippen LogP contribution in [0, 0.1) is 25.7 Å². The number of hydrogen-bond acceptors (Lipinski definition) is 5. The summed E-state index contributed by atoms with van der Waals surface area (Å²) in [6, 6.07) is 1.75. The van der Waals surface area contributed by atoms with Gasteiger partial charge in [-0.05, 0) is 38.9 Å². The smallest absolute Gasteiger partial charge is 0.244 e. The number of aryl methyl sites for hydroxylation is 2. The number of nitrogens with zero attached hydrogens (tertiary/aromatic N) is 2. The van der Waals surface area contributed by atoms with Gasteiger partial charge in [0.1, 0.15) is 0 Å². The van der Waals surface area contributed by atoms with E-state index in [9.17, 15) is 13.2 Å². The van der Waals surface area contributed by atoms with Crippen molar-refractivity contribution >= 4 is 27.3 Å². The third kappa shape index (κ3) is 3.24. The van der Waals surface area contributed by atoms with Crippen LogP contribution in [0.25, 0.3) is 0 Å². The molecule has 2 aliphatic heterocycles. The third-order valence-electron chi connectivity index (χ3n) is 5.07. The highest BCUT2D eigenvalue weighted by atomic mass is 32.2. The highest BCUT2D eigenvalue weighted by molar-refractivity contribution is 7.89. The molecule has 3 rings (SSSR count). The molecule has 1 unspecified atom stereocenters. The average molecular weight is 372 g/mol. The lowest BCUT2D eigenvalue weighted by atomic mass is 9.88. The largest absolute Gasteiger partial charge is 0.340 e. The van der Waals surface area contributed by atoms with E-state index >= 15 is 0 Å². The van der Waals surface area contributed by atoms with Gasteiger partial charge >= 0.3 is 0 Å². The third-order valence-corrected chi connectivity index (χ3v) is 8.19. The van der Waals surface area contributed by atoms with Crippen LogP contribution >= 0.6 is 11.3 Å². The van der Waals surface area contributed by atoms with Crippen molar-refractivity contribution in [1.29, 1.82) is 0 Å². The first-order valence-corrected chi connectivity index (χ1v) is 10.6. The Kier molecular flexibility index (Phi) is 5.01. The maximum absolute atomic E-state index is 12.8. The maximum Gasteiger partial charge on any atom is 0.244 e. The number of rotatable bonds is 4. The second-order valence-electron chi connectivity index (χ2n) is 6.71. The molecule has 8 heteroatoms. The second-order valence-corrected chi connectivity index (χ2v) is 10.1. The molecule has 1 aromatic rings. The van der Waals surface area contributed by atoms with E-state index in [1.165, 1.54) is 15.6 Å². The number of carbonyl (C=O) groups is 1. The topological polar surface area (TPSA) is 69.7 Å². The molecule has 0 aromatic carbocycles. The standard InChI is InChI=1S/C16H25N3O3S2/c1-11-8-15(13(3)23-11)24(21,22)19-6-4-18(5-7-19)16(20)12(2)14-9-17-10-14/h8,12,14,17H,4-7,9-10H2,1-3H3. The minimum absolute atomic E-state index is 0.0103. The van der Waals surface area contributed by atoms with Crippen LogP contribution in [0.2, 0.25) is 0 Å². The molecule has 0 bridgehead atoms. The molecule has 2 saturated heterocycles. The Balaban J connectivity index is 1.64. The fourth-order valence-corrected chi connectivity index (χ4v) is 6.25. The van der Waals surface area contributed by atoms with Gasteiger partial charge in [-0.1, -0.05) is 6.92 Å². The van der Waals surface area contributed by atoms with Crippen LogP contribution in [0.4, 0.5) is 0 Å². The van der Waals surface area contributed by atoms with Crippen molar-refractivity contribution in [3.8, 4) is 0 Å². The Hall–Kier alpha value is -0.960. The van der Waals surface area contributed by atoms with Crippen LogP contribution in [-0.2, 0) is 14.8 Å². The van der Waals surface area contributed by atoms with Crippen LogP contribution < -0.4 is 5.32 Å². The molecule has 0 saturated carbocycles. The highest BCUT2D eigenvalue weighted by Crippen LogP contribution is 2.28. The summed E-state index contributed by atoms with van der Waals surface area (Å²) in [4.78, 5) is 16.6. The maximum atomic E-state index is 12.8. The molecule has 0 radical (unpaired) electrons. The number of sulfonamides is 1. The summed E-state index contributed by atoms with van der Waals surface area (Å²) in [5, 5.41) is 3.19. The first-order valence-electron chi connectivity index (χ1n) is 8.37. The zero-order chi connectivity index (χ0) is 17.5. The summed E-state index contributed by atoms with van der Waals surface area (Å²) in [5.41, 5.74) is 0. The fourth-order valence-electron chi connectivity index (χ4n) is 3.31. The van der Waals surface area contributed by atoms with Crippen molar-refractivity contribution in [1.82, 2.24) is 14.5 Å². The van der Waals surface area contributed by atoms with Crippen molar-refractivity contribution in [2.75, 3.05) is 39.3 Å². The van der Waals surface area contributed by atoms with E-state index in [0.717, 1.165) is 22.8 Å². The summed E-state index contributed by atoms with van der Waals surface area (Å²) in [6.45, 7) is 9.25. The molecule has 1 aromatic heterocycles. The van der Waals surface area contributed by atoms with E-state index in [1.807, 2.05) is 25.7 Å². The zero-order valence-electron chi connectivity index (χ0n) is 14.4. The average Bonchev–Trinajstić information content (AvgIpc) is 2.84. The Bertz CT molecular complexity index is 717. The predicted octanol–water partition coefficient (Wildman–Crippen LogP) is 1.05. The number of nitrogens with one attached hydrogen (secondary N) is 1. The quantitative estimate of drug-likeness (QED) is 0.859. The minimum Gasteiger partial charge on any atom is -0.340 e. The Morgan fingerprint density at radius 3 is 2.33 bits per heavy atom. The Morgan fingerprint density at radius 2 is 1.88 bits per heavy atom. The number of carbonyl (C=O) groups excluding carboxylic acids is 1. The monoisotopic (exact) mass is 371 g/mol. The summed E-state index contributed by atoms with van der Waals surface area (Å²) >= 11 is 1.51. The van der Waals surface area contributed by atoms with Crippen LogP contribution in [0.3, 0.4) is 0 Å². The van der Waals surface area contributed by atoms with Gasteiger partial charge in [0.25, 0.3) is 0 Å². The Labute approximate surface area is 147 Å². The van der Waals surface area contributed by atoms with Gasteiger partial charge < -0.3 is 10.2 Å². The van der Waals surface area contributed by atoms with Crippen LogP contribution in [-0.4, -0.2) is 62.8 Å². The van der Waals surface area contributed by atoms with Crippen LogP contribution in [0.1, 0.15) is 16.7 Å². The number of hydrogen-bond donors (Lipinski definition) is 1. The van der Waals surface area contributed by atoms with E-state index < -0.39 is 10.0 Å². The van der Waals surface area contributed by atoms with Gasteiger partial charge in [-0.15, -0.1) is 11.3 Å². The molecule has 0 spiro atoms. The zero-order valence-corrected chi connectivity index (χ0v) is 16.0. The van der Waals surface area contributed by atoms with Gasteiger partial charge in [0.05, 0.1) is 4.90 Å². The number of piperazine rings is 1. The van der Waals surface area contributed by atoms with E-state index in [0.29, 0.717) is 37.0 Å². The SMILES string of the molecule is Cc1cc(S(=O)(=O)N2CCN(C(=O)C(C)C3CNC3)CC2)c(C)s1. The molecule has 1 amide bonds. The molecule has 2 fully saturated rings. The van der Waals surface area contributed by atoms with E-state index in [1.54, 1.807) is 6.07 Å². The van der Waals surface area contributed by atoms with Crippen LogP contribution in [0.15, 0.2) is 11.0 Å². The lowest BCUT2D eigenvalue weighted by Gasteiger charge is -2.38. The highest BCUT2D eigenvalue weighted by Gasteiger charge is 2.35. The lowest BCUT2D eigenvalue weighted by molar-refractivity contribution is -0.138. The van der Waals surface area contributed by atoms with E-state index in [-0.39, 0.29) is 11.8 Å². The van der Waals surface area contributed by atoms with Gasteiger partial charge in [-0.25, -0.2) is 8.42 Å². The molecular weight excluding hydrogens is 346 g/mol. The van der Waals surface area contributed by atoms with Crippen molar-refractivity contribution in [3.63, 3.8) is 0 Å². The van der Waals surface area contributed by atoms with E-state index in [4.69, 9.17) is 0 Å². The van der Waals surface area contributed by atoms with Crippen molar-refractivity contribution in [3.05, 3.63) is 15.8 Å². The molecule has 24 heavy (non-hydrogen) atoms. The minimum atomic E-state index is -3.46. The first-order chi connectivity index (χ1) is 11.3. The summed E-state index contributed by atoms with van der Waals surface area (Å²) in [5.74, 6) is 0.577. The number of amides is 1. The molecule has 2 aliphatic rings. The molecule has 0 aliphatic carbocycles. The van der Waals surface area contributed by atoms with Gasteiger partial charge in [-0.2, -0.15) is 4.31 Å². The summed E-state index contributed by atoms with van der Waals surface area (Å²) in [6.07, 6.45) is 0. The molecule has 134 valence electrons. The summed E-state index contributed by atoms with van der Waals surface area (Å²) in [7, 11) is -3.46. The van der Waals surface area contributed by atoms with Gasteiger partial charge in [0.15, 0.2) is 0 Å². The summed E-state index contributed by atoms with van der Waals surface area (Å²) < 4.78 is 27.1. The van der Waals surface area contributed by atoms with Crippen molar-refractivity contribution in [2.45, 2.75) is 25.7 Å². The normalized spacial score (nSPS) is 21.5. The molecule has 1 N–H and O–H groups in total. The lowest BCUT2D eigenvalue weighted by Crippen LogP contribution is -2.55. The number of thiophene rings is 1. The van der Waals surface area contributed by atoms with Gasteiger partial charge in [0.2, 0.25) is 15.9 Å². The van der Waals surface area contributed by atoms with Gasteiger partial charge in [0, 0.05) is 41.9 Å². The predicted molar refractivity (Wildman–Crippen MR) is 94.7 cm³/mol. The van der Waals surface area contributed by atoms with Gasteiger partial charge in [-0.3, -0.25) is 4.79 Å². The molecule has 6 nitrogen and oxygen atoms in total. The van der Waals surface area contributed by atoms with E-state index in [2.05, 4.69) is 5.32 Å². The van der Waals surface area contributed by atoms with Crippen molar-refractivity contribution < 1.29 is 13.2 Å².